The largest absolute Gasteiger partial charge is 0.398 e. The zero-order chi connectivity index (χ0) is 15.5. The number of anilines is 1. The van der Waals surface area contributed by atoms with E-state index >= 15 is 0 Å². The summed E-state index contributed by atoms with van der Waals surface area (Å²) in [6.07, 6.45) is 5.67. The first-order chi connectivity index (χ1) is 9.88. The van der Waals surface area contributed by atoms with Crippen molar-refractivity contribution in [1.29, 1.82) is 0 Å². The van der Waals surface area contributed by atoms with Crippen LogP contribution in [0, 0.1) is 17.7 Å². The molecule has 0 amide bonds. The van der Waals surface area contributed by atoms with Gasteiger partial charge in [0.1, 0.15) is 10.7 Å². The molecule has 1 aromatic carbocycles. The van der Waals surface area contributed by atoms with E-state index in [-0.39, 0.29) is 10.6 Å². The van der Waals surface area contributed by atoms with E-state index in [0.29, 0.717) is 12.5 Å². The second-order valence-corrected chi connectivity index (χ2v) is 7.74. The maximum absolute atomic E-state index is 13.0. The van der Waals surface area contributed by atoms with Crippen LogP contribution in [-0.2, 0) is 10.0 Å². The fraction of sp³-hybridized carbons (Fsp3) is 0.600. The summed E-state index contributed by atoms with van der Waals surface area (Å²) in [5, 5.41) is 0. The van der Waals surface area contributed by atoms with Crippen LogP contribution < -0.4 is 10.5 Å². The van der Waals surface area contributed by atoms with Crippen molar-refractivity contribution in [2.45, 2.75) is 43.9 Å². The Morgan fingerprint density at radius 2 is 2.14 bits per heavy atom. The van der Waals surface area contributed by atoms with Crippen LogP contribution in [0.1, 0.15) is 39.0 Å². The van der Waals surface area contributed by atoms with E-state index in [1.807, 2.05) is 0 Å². The Labute approximate surface area is 126 Å². The number of halogens is 1. The van der Waals surface area contributed by atoms with Gasteiger partial charge in [0.15, 0.2) is 0 Å². The molecule has 1 aliphatic rings. The van der Waals surface area contributed by atoms with E-state index < -0.39 is 15.8 Å². The van der Waals surface area contributed by atoms with Crippen molar-refractivity contribution in [2.75, 3.05) is 12.3 Å². The van der Waals surface area contributed by atoms with Crippen LogP contribution in [0.4, 0.5) is 10.1 Å². The van der Waals surface area contributed by atoms with Gasteiger partial charge in [-0.05, 0) is 42.9 Å². The molecule has 1 aromatic rings. The predicted octanol–water partition coefficient (Wildman–Crippen LogP) is 2.90. The lowest BCUT2D eigenvalue weighted by Gasteiger charge is -2.26. The van der Waals surface area contributed by atoms with Gasteiger partial charge in [-0.2, -0.15) is 0 Å². The maximum atomic E-state index is 13.0. The summed E-state index contributed by atoms with van der Waals surface area (Å²) in [7, 11) is -3.66. The molecule has 0 heterocycles. The Hall–Kier alpha value is -1.14. The van der Waals surface area contributed by atoms with Crippen molar-refractivity contribution < 1.29 is 12.8 Å². The molecule has 0 spiro atoms. The minimum atomic E-state index is -3.66. The van der Waals surface area contributed by atoms with Crippen molar-refractivity contribution in [3.63, 3.8) is 0 Å². The topological polar surface area (TPSA) is 72.2 Å². The first kappa shape index (κ1) is 16.2. The first-order valence-electron chi connectivity index (χ1n) is 7.43. The van der Waals surface area contributed by atoms with Crippen LogP contribution in [0.25, 0.3) is 0 Å². The van der Waals surface area contributed by atoms with Gasteiger partial charge in [-0.25, -0.2) is 17.5 Å². The molecule has 0 radical (unpaired) electrons. The van der Waals surface area contributed by atoms with E-state index in [1.165, 1.54) is 31.7 Å². The number of rotatable bonds is 5. The molecular weight excluding hydrogens is 291 g/mol. The van der Waals surface area contributed by atoms with Gasteiger partial charge in [0, 0.05) is 6.54 Å². The SMILES string of the molecule is CC1CCCC(CCNS(=O)(=O)c2ccc(F)cc2N)C1. The predicted molar refractivity (Wildman–Crippen MR) is 81.7 cm³/mol. The Morgan fingerprint density at radius 3 is 2.81 bits per heavy atom. The molecule has 0 bridgehead atoms. The number of hydrogen-bond donors (Lipinski definition) is 2. The molecule has 1 aliphatic carbocycles. The summed E-state index contributed by atoms with van der Waals surface area (Å²) in [5.41, 5.74) is 5.52. The van der Waals surface area contributed by atoms with E-state index in [4.69, 9.17) is 5.73 Å². The van der Waals surface area contributed by atoms with Crippen LogP contribution in [0.3, 0.4) is 0 Å². The third-order valence-electron chi connectivity index (χ3n) is 4.15. The highest BCUT2D eigenvalue weighted by molar-refractivity contribution is 7.89. The standard InChI is InChI=1S/C15H23FN2O2S/c1-11-3-2-4-12(9-11)7-8-18-21(19,20)15-6-5-13(16)10-14(15)17/h5-6,10-12,18H,2-4,7-9,17H2,1H3. The van der Waals surface area contributed by atoms with Crippen LogP contribution in [0.2, 0.25) is 0 Å². The molecule has 0 aromatic heterocycles. The number of nitrogens with two attached hydrogens (primary N) is 1. The van der Waals surface area contributed by atoms with Crippen LogP contribution in [0.15, 0.2) is 23.1 Å². The molecule has 3 N–H and O–H groups in total. The summed E-state index contributed by atoms with van der Waals surface area (Å²) in [6, 6.07) is 3.33. The van der Waals surface area contributed by atoms with Gasteiger partial charge in [0.2, 0.25) is 10.0 Å². The Kier molecular flexibility index (Phi) is 5.22. The number of hydrogen-bond acceptors (Lipinski definition) is 3. The minimum Gasteiger partial charge on any atom is -0.398 e. The quantitative estimate of drug-likeness (QED) is 0.821. The zero-order valence-corrected chi connectivity index (χ0v) is 13.1. The third kappa shape index (κ3) is 4.41. The molecule has 118 valence electrons. The first-order valence-corrected chi connectivity index (χ1v) is 8.91. The maximum Gasteiger partial charge on any atom is 0.242 e. The second-order valence-electron chi connectivity index (χ2n) is 6.01. The molecule has 2 unspecified atom stereocenters. The summed E-state index contributed by atoms with van der Waals surface area (Å²) in [4.78, 5) is -0.0547. The molecule has 4 nitrogen and oxygen atoms in total. The molecule has 0 saturated heterocycles. The molecular formula is C15H23FN2O2S. The summed E-state index contributed by atoms with van der Waals surface area (Å²) < 4.78 is 39.9. The van der Waals surface area contributed by atoms with E-state index in [0.717, 1.165) is 24.5 Å². The summed E-state index contributed by atoms with van der Waals surface area (Å²) in [5.74, 6) is 0.776. The van der Waals surface area contributed by atoms with Gasteiger partial charge >= 0.3 is 0 Å². The fourth-order valence-corrected chi connectivity index (χ4v) is 4.22. The van der Waals surface area contributed by atoms with E-state index in [9.17, 15) is 12.8 Å². The highest BCUT2D eigenvalue weighted by Crippen LogP contribution is 2.30. The van der Waals surface area contributed by atoms with Crippen molar-refractivity contribution in [3.05, 3.63) is 24.0 Å². The Morgan fingerprint density at radius 1 is 1.38 bits per heavy atom. The average molecular weight is 314 g/mol. The molecule has 21 heavy (non-hydrogen) atoms. The molecule has 2 atom stereocenters. The summed E-state index contributed by atoms with van der Waals surface area (Å²) in [6.45, 7) is 2.64. The number of benzene rings is 1. The third-order valence-corrected chi connectivity index (χ3v) is 5.69. The average Bonchev–Trinajstić information content (AvgIpc) is 2.38. The van der Waals surface area contributed by atoms with E-state index in [1.54, 1.807) is 0 Å². The molecule has 1 saturated carbocycles. The smallest absolute Gasteiger partial charge is 0.242 e. The lowest BCUT2D eigenvalue weighted by atomic mass is 9.81. The summed E-state index contributed by atoms with van der Waals surface area (Å²) >= 11 is 0. The normalized spacial score (nSPS) is 23.1. The monoisotopic (exact) mass is 314 g/mol. The van der Waals surface area contributed by atoms with Gasteiger partial charge in [0.05, 0.1) is 5.69 Å². The van der Waals surface area contributed by atoms with Gasteiger partial charge in [0.25, 0.3) is 0 Å². The molecule has 6 heteroatoms. The van der Waals surface area contributed by atoms with Crippen molar-refractivity contribution in [1.82, 2.24) is 4.72 Å². The van der Waals surface area contributed by atoms with Crippen molar-refractivity contribution in [2.24, 2.45) is 11.8 Å². The molecule has 2 rings (SSSR count). The zero-order valence-electron chi connectivity index (χ0n) is 12.3. The number of nitrogens with one attached hydrogen (secondary N) is 1. The molecule has 1 fully saturated rings. The lowest BCUT2D eigenvalue weighted by molar-refractivity contribution is 0.271. The Balaban J connectivity index is 1.92. The highest BCUT2D eigenvalue weighted by atomic mass is 32.2. The Bertz CT molecular complexity index is 589. The fourth-order valence-electron chi connectivity index (χ4n) is 3.06. The lowest BCUT2D eigenvalue weighted by Crippen LogP contribution is -2.28. The van der Waals surface area contributed by atoms with Gasteiger partial charge < -0.3 is 5.73 Å². The van der Waals surface area contributed by atoms with Gasteiger partial charge in [-0.3, -0.25) is 0 Å². The molecule has 0 aliphatic heterocycles. The number of nitrogen functional groups attached to an aromatic ring is 1. The second kappa shape index (κ2) is 6.75. The minimum absolute atomic E-state index is 0.0547. The van der Waals surface area contributed by atoms with Crippen molar-refractivity contribution in [3.8, 4) is 0 Å². The number of sulfonamides is 1. The van der Waals surface area contributed by atoms with E-state index in [2.05, 4.69) is 11.6 Å². The van der Waals surface area contributed by atoms with Crippen LogP contribution >= 0.6 is 0 Å². The van der Waals surface area contributed by atoms with Gasteiger partial charge in [-0.15, -0.1) is 0 Å². The van der Waals surface area contributed by atoms with Crippen LogP contribution in [0.5, 0.6) is 0 Å². The highest BCUT2D eigenvalue weighted by Gasteiger charge is 2.21. The van der Waals surface area contributed by atoms with Crippen molar-refractivity contribution >= 4 is 15.7 Å². The van der Waals surface area contributed by atoms with Crippen LogP contribution in [-0.4, -0.2) is 15.0 Å². The van der Waals surface area contributed by atoms with Gasteiger partial charge in [-0.1, -0.05) is 26.2 Å².